The van der Waals surface area contributed by atoms with Gasteiger partial charge in [-0.15, -0.1) is 0 Å². The van der Waals surface area contributed by atoms with Crippen molar-refractivity contribution in [1.82, 2.24) is 0 Å². The Morgan fingerprint density at radius 3 is 2.26 bits per heavy atom. The van der Waals surface area contributed by atoms with Crippen molar-refractivity contribution in [2.75, 3.05) is 13.2 Å². The van der Waals surface area contributed by atoms with Crippen LogP contribution in [0.4, 0.5) is 0 Å². The molecule has 0 atom stereocenters. The predicted molar refractivity (Wildman–Crippen MR) is 96.0 cm³/mol. The summed E-state index contributed by atoms with van der Waals surface area (Å²) < 4.78 is 40.7. The van der Waals surface area contributed by atoms with Crippen LogP contribution in [0.5, 0.6) is 0 Å². The highest BCUT2D eigenvalue weighted by atomic mass is 35.5. The van der Waals surface area contributed by atoms with E-state index in [4.69, 9.17) is 48.6 Å². The minimum atomic E-state index is -3.77. The molecule has 0 saturated heterocycles. The first-order chi connectivity index (χ1) is 10.6. The van der Waals surface area contributed by atoms with E-state index in [2.05, 4.69) is 0 Å². The van der Waals surface area contributed by atoms with Gasteiger partial charge in [-0.2, -0.15) is 0 Å². The molecule has 0 heterocycles. The van der Waals surface area contributed by atoms with Crippen molar-refractivity contribution in [2.45, 2.75) is 25.7 Å². The molecule has 130 valence electrons. The molecule has 0 aliphatic rings. The Labute approximate surface area is 151 Å². The summed E-state index contributed by atoms with van der Waals surface area (Å²) in [5.41, 5.74) is 0. The monoisotopic (exact) mass is 418 g/mol. The van der Waals surface area contributed by atoms with Gasteiger partial charge in [0.2, 0.25) is 9.84 Å². The SMILES string of the molecule is CCOP(=S)(OCC)O/C(C)=C\S(=O)(=O)c1ccc(Cl)c(Cl)c1. The van der Waals surface area contributed by atoms with Crippen LogP contribution in [0.3, 0.4) is 0 Å². The van der Waals surface area contributed by atoms with Gasteiger partial charge in [0.05, 0.1) is 33.6 Å². The van der Waals surface area contributed by atoms with E-state index in [1.54, 1.807) is 13.8 Å². The van der Waals surface area contributed by atoms with Gasteiger partial charge in [0.15, 0.2) is 0 Å². The third kappa shape index (κ3) is 6.35. The standard InChI is InChI=1S/C13H17Cl2O5PS2/c1-4-18-21(22,19-5-2)20-10(3)9-23(16,17)11-6-7-12(14)13(15)8-11/h6-9H,4-5H2,1-3H3/b10-9-. The average molecular weight is 419 g/mol. The van der Waals surface area contributed by atoms with Gasteiger partial charge in [0.25, 0.3) is 0 Å². The van der Waals surface area contributed by atoms with Crippen molar-refractivity contribution in [1.29, 1.82) is 0 Å². The highest BCUT2D eigenvalue weighted by molar-refractivity contribution is 8.07. The zero-order valence-electron chi connectivity index (χ0n) is 12.8. The summed E-state index contributed by atoms with van der Waals surface area (Å²) in [7, 11) is -3.77. The van der Waals surface area contributed by atoms with Gasteiger partial charge in [0.1, 0.15) is 5.76 Å². The first kappa shape index (κ1) is 20.9. The molecule has 0 bridgehead atoms. The van der Waals surface area contributed by atoms with Crippen LogP contribution in [0, 0.1) is 0 Å². The van der Waals surface area contributed by atoms with Crippen molar-refractivity contribution >= 4 is 51.6 Å². The van der Waals surface area contributed by atoms with Gasteiger partial charge in [-0.25, -0.2) is 8.42 Å². The molecule has 23 heavy (non-hydrogen) atoms. The molecule has 0 spiro atoms. The second-order valence-corrected chi connectivity index (χ2v) is 9.77. The zero-order valence-corrected chi connectivity index (χ0v) is 16.8. The lowest BCUT2D eigenvalue weighted by Gasteiger charge is -2.21. The van der Waals surface area contributed by atoms with Crippen LogP contribution in [0.1, 0.15) is 20.8 Å². The van der Waals surface area contributed by atoms with Crippen molar-refractivity contribution in [2.24, 2.45) is 0 Å². The number of benzene rings is 1. The number of halogens is 2. The Kier molecular flexibility index (Phi) is 8.01. The van der Waals surface area contributed by atoms with Crippen molar-refractivity contribution in [3.8, 4) is 0 Å². The van der Waals surface area contributed by atoms with Crippen LogP contribution in [-0.4, -0.2) is 21.6 Å². The van der Waals surface area contributed by atoms with E-state index >= 15 is 0 Å². The van der Waals surface area contributed by atoms with E-state index < -0.39 is 16.6 Å². The Hall–Kier alpha value is -0.140. The van der Waals surface area contributed by atoms with Crippen LogP contribution in [-0.2, 0) is 35.2 Å². The smallest absolute Gasteiger partial charge is 0.380 e. The lowest BCUT2D eigenvalue weighted by atomic mass is 10.4. The molecule has 0 saturated carbocycles. The van der Waals surface area contributed by atoms with Gasteiger partial charge in [-0.3, -0.25) is 9.05 Å². The summed E-state index contributed by atoms with van der Waals surface area (Å²) in [6.07, 6.45) is 0. The fourth-order valence-corrected chi connectivity index (χ4v) is 5.34. The maximum absolute atomic E-state index is 12.3. The molecular formula is C13H17Cl2O5PS2. The van der Waals surface area contributed by atoms with Crippen LogP contribution in [0.15, 0.2) is 34.3 Å². The van der Waals surface area contributed by atoms with Crippen LogP contribution >= 0.6 is 29.9 Å². The minimum absolute atomic E-state index is 0.00373. The Balaban J connectivity index is 3.07. The molecule has 0 N–H and O–H groups in total. The molecule has 0 aromatic heterocycles. The van der Waals surface area contributed by atoms with E-state index in [0.717, 1.165) is 5.41 Å². The van der Waals surface area contributed by atoms with E-state index in [0.29, 0.717) is 13.2 Å². The molecule has 0 unspecified atom stereocenters. The maximum Gasteiger partial charge on any atom is 0.380 e. The molecule has 1 aromatic carbocycles. The number of rotatable bonds is 8. The average Bonchev–Trinajstić information content (AvgIpc) is 2.41. The zero-order chi connectivity index (χ0) is 17.7. The normalized spacial score (nSPS) is 13.2. The molecule has 1 rings (SSSR count). The van der Waals surface area contributed by atoms with Gasteiger partial charge < -0.3 is 4.52 Å². The molecule has 1 aromatic rings. The van der Waals surface area contributed by atoms with Crippen molar-refractivity contribution in [3.05, 3.63) is 39.4 Å². The molecule has 0 radical (unpaired) electrons. The molecule has 5 nitrogen and oxygen atoms in total. The van der Waals surface area contributed by atoms with Gasteiger partial charge in [-0.1, -0.05) is 23.2 Å². The predicted octanol–water partition coefficient (Wildman–Crippen LogP) is 4.94. The van der Waals surface area contributed by atoms with Crippen LogP contribution in [0.2, 0.25) is 10.0 Å². The van der Waals surface area contributed by atoms with E-state index in [1.165, 1.54) is 25.1 Å². The third-order valence-corrected chi connectivity index (χ3v) is 7.18. The third-order valence-electron chi connectivity index (χ3n) is 2.37. The first-order valence-electron chi connectivity index (χ1n) is 6.60. The summed E-state index contributed by atoms with van der Waals surface area (Å²) >= 11 is 16.8. The largest absolute Gasteiger partial charge is 0.428 e. The van der Waals surface area contributed by atoms with Crippen LogP contribution in [0.25, 0.3) is 0 Å². The van der Waals surface area contributed by atoms with Gasteiger partial charge in [0, 0.05) is 11.8 Å². The summed E-state index contributed by atoms with van der Waals surface area (Å²) in [4.78, 5) is -0.00373. The first-order valence-corrected chi connectivity index (χ1v) is 11.5. The molecule has 0 amide bonds. The molecule has 0 aliphatic heterocycles. The van der Waals surface area contributed by atoms with Crippen LogP contribution < -0.4 is 0 Å². The number of hydrogen-bond acceptors (Lipinski definition) is 6. The summed E-state index contributed by atoms with van der Waals surface area (Å²) in [6.45, 7) is 2.53. The lowest BCUT2D eigenvalue weighted by Crippen LogP contribution is -2.02. The van der Waals surface area contributed by atoms with Crippen molar-refractivity contribution < 1.29 is 22.0 Å². The van der Waals surface area contributed by atoms with E-state index in [1.807, 2.05) is 0 Å². The Morgan fingerprint density at radius 2 is 1.78 bits per heavy atom. The maximum atomic E-state index is 12.3. The molecule has 0 aliphatic carbocycles. The summed E-state index contributed by atoms with van der Waals surface area (Å²) in [5, 5.41) is 1.37. The lowest BCUT2D eigenvalue weighted by molar-refractivity contribution is 0.195. The van der Waals surface area contributed by atoms with Gasteiger partial charge >= 0.3 is 6.72 Å². The quantitative estimate of drug-likeness (QED) is 0.439. The summed E-state index contributed by atoms with van der Waals surface area (Å²) in [5.74, 6) is 0.0707. The van der Waals surface area contributed by atoms with Gasteiger partial charge in [-0.05, 0) is 39.0 Å². The molecule has 0 fully saturated rings. The fraction of sp³-hybridized carbons (Fsp3) is 0.385. The Morgan fingerprint density at radius 1 is 1.22 bits per heavy atom. The van der Waals surface area contributed by atoms with Crippen molar-refractivity contribution in [3.63, 3.8) is 0 Å². The highest BCUT2D eigenvalue weighted by Gasteiger charge is 2.22. The highest BCUT2D eigenvalue weighted by Crippen LogP contribution is 2.51. The Bertz CT molecular complexity index is 724. The topological polar surface area (TPSA) is 61.8 Å². The minimum Gasteiger partial charge on any atom is -0.428 e. The van der Waals surface area contributed by atoms with E-state index in [-0.39, 0.29) is 20.7 Å². The molecule has 10 heteroatoms. The molecular weight excluding hydrogens is 402 g/mol. The van der Waals surface area contributed by atoms with E-state index in [9.17, 15) is 8.42 Å². The number of allylic oxidation sites excluding steroid dienone is 1. The second-order valence-electron chi connectivity index (χ2n) is 4.22. The second kappa shape index (κ2) is 8.81. The number of hydrogen-bond donors (Lipinski definition) is 0. The number of sulfone groups is 1. The fourth-order valence-electron chi connectivity index (χ4n) is 1.54. The summed E-state index contributed by atoms with van der Waals surface area (Å²) in [6, 6.07) is 4.03.